The second-order valence-electron chi connectivity index (χ2n) is 5.45. The van der Waals surface area contributed by atoms with E-state index in [-0.39, 0.29) is 24.4 Å². The fraction of sp³-hybridized carbons (Fsp3) is 0.500. The van der Waals surface area contributed by atoms with E-state index >= 15 is 0 Å². The van der Waals surface area contributed by atoms with Gasteiger partial charge in [-0.25, -0.2) is 0 Å². The van der Waals surface area contributed by atoms with Gasteiger partial charge in [0.2, 0.25) is 11.8 Å². The Balaban J connectivity index is 2.98. The van der Waals surface area contributed by atoms with E-state index in [4.69, 9.17) is 23.2 Å². The van der Waals surface area contributed by atoms with Crippen molar-refractivity contribution in [1.29, 1.82) is 0 Å². The number of rotatable bonds is 6. The second-order valence-corrected chi connectivity index (χ2v) is 6.29. The maximum absolute atomic E-state index is 12.2. The van der Waals surface area contributed by atoms with Crippen LogP contribution < -0.4 is 5.32 Å². The summed E-state index contributed by atoms with van der Waals surface area (Å²) in [6, 6.07) is 4.57. The third kappa shape index (κ3) is 5.18. The van der Waals surface area contributed by atoms with Crippen molar-refractivity contribution in [2.45, 2.75) is 52.7 Å². The van der Waals surface area contributed by atoms with Crippen LogP contribution in [0, 0.1) is 0 Å². The molecule has 0 fully saturated rings. The van der Waals surface area contributed by atoms with Gasteiger partial charge in [0.05, 0.1) is 0 Å². The van der Waals surface area contributed by atoms with Crippen molar-refractivity contribution in [2.75, 3.05) is 0 Å². The first-order valence-electron chi connectivity index (χ1n) is 7.30. The highest BCUT2D eigenvalue weighted by Crippen LogP contribution is 2.23. The summed E-state index contributed by atoms with van der Waals surface area (Å²) in [7, 11) is 0. The largest absolute Gasteiger partial charge is 0.352 e. The van der Waals surface area contributed by atoms with E-state index < -0.39 is 6.04 Å². The third-order valence-corrected chi connectivity index (χ3v) is 3.84. The highest BCUT2D eigenvalue weighted by Gasteiger charge is 2.25. The third-order valence-electron chi connectivity index (χ3n) is 3.26. The van der Waals surface area contributed by atoms with Crippen LogP contribution in [0.1, 0.15) is 39.7 Å². The minimum atomic E-state index is -0.568. The Kier molecular flexibility index (Phi) is 7.17. The molecule has 1 rings (SSSR count). The molecule has 122 valence electrons. The molecule has 0 aliphatic carbocycles. The molecule has 0 saturated heterocycles. The van der Waals surface area contributed by atoms with Gasteiger partial charge in [0, 0.05) is 29.1 Å². The van der Waals surface area contributed by atoms with E-state index in [2.05, 4.69) is 5.32 Å². The molecule has 22 heavy (non-hydrogen) atoms. The zero-order valence-corrected chi connectivity index (χ0v) is 14.8. The maximum atomic E-state index is 12.2. The number of amides is 2. The highest BCUT2D eigenvalue weighted by molar-refractivity contribution is 6.35. The van der Waals surface area contributed by atoms with Gasteiger partial charge in [0.1, 0.15) is 6.04 Å². The molecule has 6 heteroatoms. The summed E-state index contributed by atoms with van der Waals surface area (Å²) in [5.74, 6) is -0.278. The van der Waals surface area contributed by atoms with Gasteiger partial charge < -0.3 is 10.2 Å². The Bertz CT molecular complexity index is 547. The molecule has 0 aliphatic heterocycles. The van der Waals surface area contributed by atoms with Gasteiger partial charge in [-0.15, -0.1) is 0 Å². The fourth-order valence-corrected chi connectivity index (χ4v) is 2.49. The van der Waals surface area contributed by atoms with Crippen LogP contribution in [0.4, 0.5) is 0 Å². The summed E-state index contributed by atoms with van der Waals surface area (Å²) in [4.78, 5) is 25.9. The first-order valence-corrected chi connectivity index (χ1v) is 8.05. The first-order chi connectivity index (χ1) is 10.3. The molecule has 2 amide bonds. The SMILES string of the molecule is CCC(=O)N(Cc1ccc(Cl)cc1Cl)[C@H](C)C(=O)NC(C)C. The molecule has 0 unspecified atom stereocenters. The number of halogens is 2. The van der Waals surface area contributed by atoms with Crippen molar-refractivity contribution < 1.29 is 9.59 Å². The Morgan fingerprint density at radius 3 is 2.36 bits per heavy atom. The van der Waals surface area contributed by atoms with Crippen molar-refractivity contribution in [3.63, 3.8) is 0 Å². The Labute approximate surface area is 141 Å². The number of carbonyl (C=O) groups excluding carboxylic acids is 2. The zero-order valence-electron chi connectivity index (χ0n) is 13.3. The molecular weight excluding hydrogens is 323 g/mol. The quantitative estimate of drug-likeness (QED) is 0.856. The summed E-state index contributed by atoms with van der Waals surface area (Å²) < 4.78 is 0. The van der Waals surface area contributed by atoms with Crippen LogP contribution in [-0.2, 0) is 16.1 Å². The van der Waals surface area contributed by atoms with Crippen molar-refractivity contribution in [3.8, 4) is 0 Å². The number of nitrogens with zero attached hydrogens (tertiary/aromatic N) is 1. The molecule has 1 aromatic carbocycles. The van der Waals surface area contributed by atoms with E-state index in [0.29, 0.717) is 16.5 Å². The molecule has 1 atom stereocenters. The predicted octanol–water partition coefficient (Wildman–Crippen LogP) is 3.65. The van der Waals surface area contributed by atoms with Gasteiger partial charge in [-0.2, -0.15) is 0 Å². The van der Waals surface area contributed by atoms with Gasteiger partial charge in [-0.1, -0.05) is 36.2 Å². The molecule has 0 aliphatic rings. The van der Waals surface area contributed by atoms with Crippen molar-refractivity contribution >= 4 is 35.0 Å². The lowest BCUT2D eigenvalue weighted by Crippen LogP contribution is -2.49. The van der Waals surface area contributed by atoms with Crippen LogP contribution in [0.5, 0.6) is 0 Å². The standard InChI is InChI=1S/C16H22Cl2N2O2/c1-5-15(21)20(11(4)16(22)19-10(2)3)9-12-6-7-13(17)8-14(12)18/h6-8,10-11H,5,9H2,1-4H3,(H,19,22)/t11-/m1/s1. The van der Waals surface area contributed by atoms with Crippen molar-refractivity contribution in [1.82, 2.24) is 10.2 Å². The molecular formula is C16H22Cl2N2O2. The summed E-state index contributed by atoms with van der Waals surface area (Å²) in [5, 5.41) is 3.84. The normalized spacial score (nSPS) is 12.1. The lowest BCUT2D eigenvalue weighted by molar-refractivity contribution is -0.140. The predicted molar refractivity (Wildman–Crippen MR) is 90.0 cm³/mol. The van der Waals surface area contributed by atoms with Crippen LogP contribution in [0.25, 0.3) is 0 Å². The smallest absolute Gasteiger partial charge is 0.242 e. The van der Waals surface area contributed by atoms with E-state index in [1.54, 1.807) is 32.0 Å². The average molecular weight is 345 g/mol. The molecule has 1 N–H and O–H groups in total. The number of benzene rings is 1. The molecule has 0 radical (unpaired) electrons. The van der Waals surface area contributed by atoms with Gasteiger partial charge in [0.25, 0.3) is 0 Å². The molecule has 1 aromatic rings. The summed E-state index contributed by atoms with van der Waals surface area (Å²) in [5.41, 5.74) is 0.761. The van der Waals surface area contributed by atoms with Crippen LogP contribution in [0.3, 0.4) is 0 Å². The maximum Gasteiger partial charge on any atom is 0.242 e. The monoisotopic (exact) mass is 344 g/mol. The molecule has 0 saturated carbocycles. The van der Waals surface area contributed by atoms with E-state index in [1.807, 2.05) is 13.8 Å². The minimum absolute atomic E-state index is 0.0210. The van der Waals surface area contributed by atoms with Crippen LogP contribution in [-0.4, -0.2) is 28.8 Å². The molecule has 0 bridgehead atoms. The zero-order chi connectivity index (χ0) is 16.9. The van der Waals surface area contributed by atoms with E-state index in [9.17, 15) is 9.59 Å². The van der Waals surface area contributed by atoms with Crippen LogP contribution in [0.2, 0.25) is 10.0 Å². The highest BCUT2D eigenvalue weighted by atomic mass is 35.5. The summed E-state index contributed by atoms with van der Waals surface area (Å²) in [6.07, 6.45) is 0.324. The topological polar surface area (TPSA) is 49.4 Å². The van der Waals surface area contributed by atoms with Gasteiger partial charge in [0.15, 0.2) is 0 Å². The minimum Gasteiger partial charge on any atom is -0.352 e. The lowest BCUT2D eigenvalue weighted by Gasteiger charge is -2.29. The van der Waals surface area contributed by atoms with Crippen LogP contribution >= 0.6 is 23.2 Å². The van der Waals surface area contributed by atoms with Crippen LogP contribution in [0.15, 0.2) is 18.2 Å². The second kappa shape index (κ2) is 8.39. The van der Waals surface area contributed by atoms with E-state index in [1.165, 1.54) is 4.90 Å². The molecule has 0 spiro atoms. The number of hydrogen-bond acceptors (Lipinski definition) is 2. The van der Waals surface area contributed by atoms with Gasteiger partial charge >= 0.3 is 0 Å². The number of hydrogen-bond donors (Lipinski definition) is 1. The van der Waals surface area contributed by atoms with Crippen molar-refractivity contribution in [3.05, 3.63) is 33.8 Å². The first kappa shape index (κ1) is 18.8. The van der Waals surface area contributed by atoms with Crippen molar-refractivity contribution in [2.24, 2.45) is 0 Å². The van der Waals surface area contributed by atoms with Gasteiger partial charge in [-0.3, -0.25) is 9.59 Å². The molecule has 4 nitrogen and oxygen atoms in total. The molecule has 0 heterocycles. The summed E-state index contributed by atoms with van der Waals surface area (Å²) in [6.45, 7) is 7.52. The fourth-order valence-electron chi connectivity index (χ4n) is 2.02. The number of carbonyl (C=O) groups is 2. The summed E-state index contributed by atoms with van der Waals surface area (Å²) >= 11 is 12.1. The average Bonchev–Trinajstić information content (AvgIpc) is 2.44. The molecule has 0 aromatic heterocycles. The van der Waals surface area contributed by atoms with E-state index in [0.717, 1.165) is 5.56 Å². The van der Waals surface area contributed by atoms with Gasteiger partial charge in [-0.05, 0) is 38.5 Å². The Morgan fingerprint density at radius 1 is 1.23 bits per heavy atom. The Morgan fingerprint density at radius 2 is 1.86 bits per heavy atom. The number of nitrogens with one attached hydrogen (secondary N) is 1. The lowest BCUT2D eigenvalue weighted by atomic mass is 10.1. The Hall–Kier alpha value is -1.26.